The Hall–Kier alpha value is -5.46. The number of likely N-dealkylation sites (tertiary alicyclic amines) is 2. The monoisotopic (exact) mass is 718 g/mol. The number of benzene rings is 2. The fourth-order valence-electron chi connectivity index (χ4n) is 8.50. The predicted octanol–water partition coefficient (Wildman–Crippen LogP) is 3.13. The van der Waals surface area contributed by atoms with Crippen LogP contribution in [0.3, 0.4) is 0 Å². The number of carbonyl (C=O) groups excluding carboxylic acids is 6. The molecular formula is C41H38N2O10. The molecule has 4 saturated heterocycles. The van der Waals surface area contributed by atoms with Gasteiger partial charge in [0.05, 0.1) is 49.0 Å². The third kappa shape index (κ3) is 5.59. The van der Waals surface area contributed by atoms with E-state index in [1.807, 2.05) is 48.5 Å². The van der Waals surface area contributed by atoms with Crippen molar-refractivity contribution in [1.82, 2.24) is 9.80 Å². The molecule has 272 valence electrons. The van der Waals surface area contributed by atoms with Crippen LogP contribution >= 0.6 is 0 Å². The van der Waals surface area contributed by atoms with E-state index < -0.39 is 59.0 Å². The number of amides is 4. The first kappa shape index (κ1) is 34.6. The zero-order chi connectivity index (χ0) is 37.4. The van der Waals surface area contributed by atoms with E-state index in [4.69, 9.17) is 18.9 Å². The van der Waals surface area contributed by atoms with Crippen molar-refractivity contribution in [3.8, 4) is 0 Å². The quantitative estimate of drug-likeness (QED) is 0.139. The van der Waals surface area contributed by atoms with Crippen LogP contribution in [0.2, 0.25) is 0 Å². The van der Waals surface area contributed by atoms with Gasteiger partial charge in [-0.2, -0.15) is 0 Å². The number of fused-ring (bicyclic) bond motifs is 10. The summed E-state index contributed by atoms with van der Waals surface area (Å²) < 4.78 is 22.8. The van der Waals surface area contributed by atoms with Crippen molar-refractivity contribution in [1.29, 1.82) is 0 Å². The fourth-order valence-corrected chi connectivity index (χ4v) is 8.50. The van der Waals surface area contributed by atoms with E-state index in [1.165, 1.54) is 23.6 Å². The van der Waals surface area contributed by atoms with Gasteiger partial charge in [-0.15, -0.1) is 0 Å². The molecule has 2 aromatic carbocycles. The Morgan fingerprint density at radius 3 is 1.34 bits per heavy atom. The highest BCUT2D eigenvalue weighted by molar-refractivity contribution is 6.08. The minimum Gasteiger partial charge on any atom is -0.459 e. The van der Waals surface area contributed by atoms with Gasteiger partial charge in [0.15, 0.2) is 0 Å². The Bertz CT molecular complexity index is 1900. The molecule has 0 spiro atoms. The summed E-state index contributed by atoms with van der Waals surface area (Å²) in [6, 6.07) is 15.4. The van der Waals surface area contributed by atoms with Crippen molar-refractivity contribution in [2.24, 2.45) is 23.7 Å². The fraction of sp³-hybridized carbons (Fsp3) is 0.366. The van der Waals surface area contributed by atoms with Crippen LogP contribution < -0.4 is 0 Å². The predicted molar refractivity (Wildman–Crippen MR) is 186 cm³/mol. The average Bonchev–Trinajstić information content (AvgIpc) is 3.98. The minimum absolute atomic E-state index is 0.118. The van der Waals surface area contributed by atoms with Gasteiger partial charge in [0.25, 0.3) is 0 Å². The van der Waals surface area contributed by atoms with E-state index in [0.29, 0.717) is 6.42 Å². The number of rotatable bonds is 12. The maximum absolute atomic E-state index is 13.6. The molecule has 0 saturated carbocycles. The molecule has 8 unspecified atom stereocenters. The molecule has 0 aliphatic carbocycles. The average molecular weight is 719 g/mol. The summed E-state index contributed by atoms with van der Waals surface area (Å²) in [6.45, 7) is 10.2. The van der Waals surface area contributed by atoms with Crippen molar-refractivity contribution in [3.63, 3.8) is 0 Å². The molecule has 6 aliphatic rings. The number of hydrogen-bond acceptors (Lipinski definition) is 10. The van der Waals surface area contributed by atoms with E-state index in [-0.39, 0.29) is 61.1 Å². The molecule has 12 nitrogen and oxygen atoms in total. The number of carbonyl (C=O) groups is 6. The molecule has 6 aliphatic heterocycles. The van der Waals surface area contributed by atoms with E-state index >= 15 is 0 Å². The molecule has 2 aromatic rings. The number of ether oxygens (including phenoxy) is 4. The highest BCUT2D eigenvalue weighted by Gasteiger charge is 2.69. The highest BCUT2D eigenvalue weighted by atomic mass is 16.6. The van der Waals surface area contributed by atoms with Gasteiger partial charge in [0.2, 0.25) is 23.6 Å². The summed E-state index contributed by atoms with van der Waals surface area (Å²) in [6.07, 6.45) is 6.51. The van der Waals surface area contributed by atoms with Crippen LogP contribution in [0, 0.1) is 23.7 Å². The van der Waals surface area contributed by atoms with Crippen LogP contribution in [0.25, 0.3) is 0 Å². The molecule has 4 amide bonds. The van der Waals surface area contributed by atoms with Crippen LogP contribution in [-0.4, -0.2) is 82.0 Å². The van der Waals surface area contributed by atoms with Crippen LogP contribution in [0.1, 0.15) is 36.1 Å². The number of imide groups is 2. The Kier molecular flexibility index (Phi) is 8.23. The van der Waals surface area contributed by atoms with Gasteiger partial charge in [0.1, 0.15) is 24.4 Å². The molecule has 12 heteroatoms. The lowest BCUT2D eigenvalue weighted by Crippen LogP contribution is -2.44. The molecule has 8 atom stereocenters. The smallest absolute Gasteiger partial charge is 0.333 e. The lowest BCUT2D eigenvalue weighted by Gasteiger charge is -2.28. The summed E-state index contributed by atoms with van der Waals surface area (Å²) >= 11 is 0. The molecule has 0 N–H and O–H groups in total. The van der Waals surface area contributed by atoms with Gasteiger partial charge in [0, 0.05) is 11.1 Å². The summed E-state index contributed by atoms with van der Waals surface area (Å²) in [5.41, 5.74) is 1.76. The lowest BCUT2D eigenvalue weighted by molar-refractivity contribution is -0.153. The van der Waals surface area contributed by atoms with Gasteiger partial charge < -0.3 is 18.9 Å². The van der Waals surface area contributed by atoms with Crippen molar-refractivity contribution in [3.05, 3.63) is 119 Å². The Labute approximate surface area is 305 Å². The van der Waals surface area contributed by atoms with E-state index in [2.05, 4.69) is 13.2 Å². The molecule has 6 heterocycles. The van der Waals surface area contributed by atoms with Crippen LogP contribution in [0.15, 0.2) is 97.1 Å². The summed E-state index contributed by atoms with van der Waals surface area (Å²) in [7, 11) is 0. The molecule has 4 bridgehead atoms. The normalized spacial score (nSPS) is 31.4. The summed E-state index contributed by atoms with van der Waals surface area (Å²) in [5, 5.41) is 0. The molecular weight excluding hydrogens is 680 g/mol. The van der Waals surface area contributed by atoms with E-state index in [9.17, 15) is 28.8 Å². The first-order valence-electron chi connectivity index (χ1n) is 17.6. The van der Waals surface area contributed by atoms with Gasteiger partial charge in [-0.25, -0.2) is 9.59 Å². The first-order chi connectivity index (χ1) is 25.3. The summed E-state index contributed by atoms with van der Waals surface area (Å²) in [4.78, 5) is 80.7. The first-order valence-corrected chi connectivity index (χ1v) is 17.6. The Balaban J connectivity index is 0.874. The maximum Gasteiger partial charge on any atom is 0.333 e. The second kappa shape index (κ2) is 12.6. The van der Waals surface area contributed by atoms with Crippen LogP contribution in [0.5, 0.6) is 0 Å². The van der Waals surface area contributed by atoms with Gasteiger partial charge in [-0.1, -0.05) is 73.8 Å². The SMILES string of the molecule is C=C(C)C(=O)OCC12C=CC(O1)C1C(=O)N(Cc3ccc(Cc4ccc(CN5C(=O)C6C7C=CC(COC(=O)C(=C)C)(O7)C6C5=O)cc4)cc3)C(=O)C12. The number of nitrogens with zero attached hydrogens (tertiary/aromatic N) is 2. The second-order valence-electron chi connectivity index (χ2n) is 14.8. The van der Waals surface area contributed by atoms with Crippen molar-refractivity contribution >= 4 is 35.6 Å². The van der Waals surface area contributed by atoms with Crippen LogP contribution in [-0.2, 0) is 67.2 Å². The summed E-state index contributed by atoms with van der Waals surface area (Å²) in [5.74, 6) is -5.28. The second-order valence-corrected chi connectivity index (χ2v) is 14.8. The molecule has 0 aromatic heterocycles. The Morgan fingerprint density at radius 2 is 0.981 bits per heavy atom. The van der Waals surface area contributed by atoms with Crippen molar-refractivity contribution < 1.29 is 47.7 Å². The topological polar surface area (TPSA) is 146 Å². The number of esters is 2. The standard InChI is InChI=1S/C41H38N2O10/c1-22(2)38(48)50-20-40-15-13-28(52-40)30-32(40)36(46)42(34(30)44)18-26-9-5-24(6-10-26)17-25-7-11-27(12-8-25)19-43-35(45)31-29-14-16-41(53-29,33(31)37(43)47)21-51-39(49)23(3)4/h5-16,28-33H,1,3,17-21H2,2,4H3. The third-order valence-electron chi connectivity index (χ3n) is 11.2. The maximum atomic E-state index is 13.6. The van der Waals surface area contributed by atoms with E-state index in [0.717, 1.165) is 22.3 Å². The van der Waals surface area contributed by atoms with Gasteiger partial charge in [-0.05, 0) is 54.7 Å². The number of hydrogen-bond donors (Lipinski definition) is 0. The molecule has 4 fully saturated rings. The van der Waals surface area contributed by atoms with Crippen molar-refractivity contribution in [2.75, 3.05) is 13.2 Å². The minimum atomic E-state index is -1.17. The van der Waals surface area contributed by atoms with Crippen LogP contribution in [0.4, 0.5) is 0 Å². The third-order valence-corrected chi connectivity index (χ3v) is 11.2. The zero-order valence-corrected chi connectivity index (χ0v) is 29.3. The largest absolute Gasteiger partial charge is 0.459 e. The van der Waals surface area contributed by atoms with Gasteiger partial charge >= 0.3 is 11.9 Å². The van der Waals surface area contributed by atoms with Gasteiger partial charge in [-0.3, -0.25) is 29.0 Å². The van der Waals surface area contributed by atoms with E-state index in [1.54, 1.807) is 24.3 Å². The Morgan fingerprint density at radius 1 is 0.623 bits per heavy atom. The molecule has 8 rings (SSSR count). The van der Waals surface area contributed by atoms with Crippen molar-refractivity contribution in [2.45, 2.75) is 56.8 Å². The zero-order valence-electron chi connectivity index (χ0n) is 29.3. The highest BCUT2D eigenvalue weighted by Crippen LogP contribution is 2.53. The lowest BCUT2D eigenvalue weighted by atomic mass is 9.77. The molecule has 53 heavy (non-hydrogen) atoms. The molecule has 0 radical (unpaired) electrons.